The van der Waals surface area contributed by atoms with Crippen LogP contribution in [0.3, 0.4) is 0 Å². The number of aryl methyl sites for hydroxylation is 1. The van der Waals surface area contributed by atoms with Crippen LogP contribution in [0, 0.1) is 6.92 Å². The van der Waals surface area contributed by atoms with E-state index in [-0.39, 0.29) is 5.56 Å². The summed E-state index contributed by atoms with van der Waals surface area (Å²) in [6.07, 6.45) is 1.40. The van der Waals surface area contributed by atoms with Crippen molar-refractivity contribution in [3.05, 3.63) is 92.4 Å². The number of anilines is 1. The number of nitrogens with zero attached hydrogens (tertiary/aromatic N) is 2. The predicted molar refractivity (Wildman–Crippen MR) is 120 cm³/mol. The van der Waals surface area contributed by atoms with E-state index < -0.39 is 11.2 Å². The maximum absolute atomic E-state index is 13.1. The van der Waals surface area contributed by atoms with Crippen LogP contribution in [0.25, 0.3) is 10.9 Å². The van der Waals surface area contributed by atoms with Gasteiger partial charge < -0.3 is 4.55 Å². The van der Waals surface area contributed by atoms with Crippen molar-refractivity contribution in [3.8, 4) is 0 Å². The minimum Gasteiger partial charge on any atom is -0.606 e. The summed E-state index contributed by atoms with van der Waals surface area (Å²) in [6, 6.07) is 17.8. The minimum atomic E-state index is -1.45. The standard InChI is InChI=1S/C21H15BrClN3O2S/c1-13-9-16-20(17(22)10-13)24-12-26(21(16)27)25-18-11-14(23)7-8-19(18)29(28)15-5-3-2-4-6-15/h2-12,25H,1H3. The van der Waals surface area contributed by atoms with Crippen molar-refractivity contribution in [1.29, 1.82) is 0 Å². The fourth-order valence-electron chi connectivity index (χ4n) is 2.96. The molecule has 0 saturated carbocycles. The number of fused-ring (bicyclic) bond motifs is 1. The Labute approximate surface area is 183 Å². The number of benzene rings is 3. The summed E-state index contributed by atoms with van der Waals surface area (Å²) < 4.78 is 15.1. The number of hydrogen-bond acceptors (Lipinski definition) is 4. The van der Waals surface area contributed by atoms with Gasteiger partial charge in [0.2, 0.25) is 0 Å². The summed E-state index contributed by atoms with van der Waals surface area (Å²) in [5.74, 6) is 0. The fourth-order valence-corrected chi connectivity index (χ4v) is 4.96. The largest absolute Gasteiger partial charge is 0.606 e. The first-order valence-electron chi connectivity index (χ1n) is 8.65. The van der Waals surface area contributed by atoms with E-state index >= 15 is 0 Å². The van der Waals surface area contributed by atoms with Gasteiger partial charge in [0.15, 0.2) is 9.79 Å². The number of rotatable bonds is 4. The van der Waals surface area contributed by atoms with Crippen LogP contribution in [-0.4, -0.2) is 14.2 Å². The third kappa shape index (κ3) is 4.04. The van der Waals surface area contributed by atoms with Crippen molar-refractivity contribution in [2.45, 2.75) is 16.7 Å². The van der Waals surface area contributed by atoms with Gasteiger partial charge in [-0.05, 0) is 70.9 Å². The Morgan fingerprint density at radius 2 is 1.90 bits per heavy atom. The third-order valence-corrected chi connectivity index (χ3v) is 6.59. The summed E-state index contributed by atoms with van der Waals surface area (Å²) in [6.45, 7) is 1.91. The lowest BCUT2D eigenvalue weighted by Gasteiger charge is -2.16. The van der Waals surface area contributed by atoms with Gasteiger partial charge in [-0.25, -0.2) is 9.66 Å². The molecule has 0 spiro atoms. The molecule has 1 aromatic heterocycles. The minimum absolute atomic E-state index is 0.268. The number of nitrogens with one attached hydrogen (secondary N) is 1. The lowest BCUT2D eigenvalue weighted by molar-refractivity contribution is 0.595. The highest BCUT2D eigenvalue weighted by molar-refractivity contribution is 9.10. The van der Waals surface area contributed by atoms with Crippen LogP contribution in [0.4, 0.5) is 5.69 Å². The Morgan fingerprint density at radius 1 is 1.14 bits per heavy atom. The van der Waals surface area contributed by atoms with Crippen molar-refractivity contribution < 1.29 is 4.55 Å². The first-order valence-corrected chi connectivity index (χ1v) is 11.0. The first kappa shape index (κ1) is 20.0. The Morgan fingerprint density at radius 3 is 2.66 bits per heavy atom. The molecule has 29 heavy (non-hydrogen) atoms. The Balaban J connectivity index is 1.80. The van der Waals surface area contributed by atoms with Crippen molar-refractivity contribution in [3.63, 3.8) is 0 Å². The lowest BCUT2D eigenvalue weighted by Crippen LogP contribution is -2.27. The smallest absolute Gasteiger partial charge is 0.280 e. The zero-order valence-corrected chi connectivity index (χ0v) is 18.4. The van der Waals surface area contributed by atoms with Gasteiger partial charge in [0, 0.05) is 20.7 Å². The quantitative estimate of drug-likeness (QED) is 0.403. The SMILES string of the molecule is Cc1cc(Br)c2ncn(Nc3cc(Cl)ccc3[S+]([O-])c3ccccc3)c(=O)c2c1. The molecular formula is C21H15BrClN3O2S. The second-order valence-corrected chi connectivity index (χ2v) is 9.14. The Kier molecular flexibility index (Phi) is 5.65. The fraction of sp³-hybridized carbons (Fsp3) is 0.0476. The second kappa shape index (κ2) is 8.20. The summed E-state index contributed by atoms with van der Waals surface area (Å²) in [4.78, 5) is 18.5. The maximum atomic E-state index is 13.1. The molecule has 0 aliphatic carbocycles. The molecule has 0 amide bonds. The molecule has 5 nitrogen and oxygen atoms in total. The second-order valence-electron chi connectivity index (χ2n) is 6.40. The molecule has 146 valence electrons. The van der Waals surface area contributed by atoms with Crippen LogP contribution in [0.15, 0.2) is 86.0 Å². The van der Waals surface area contributed by atoms with Crippen molar-refractivity contribution >= 4 is 55.3 Å². The maximum Gasteiger partial charge on any atom is 0.280 e. The van der Waals surface area contributed by atoms with Crippen molar-refractivity contribution in [2.75, 3.05) is 5.43 Å². The van der Waals surface area contributed by atoms with Gasteiger partial charge in [-0.15, -0.1) is 0 Å². The van der Waals surface area contributed by atoms with Gasteiger partial charge >= 0.3 is 0 Å². The molecule has 0 aliphatic heterocycles. The molecule has 0 fully saturated rings. The summed E-state index contributed by atoms with van der Waals surface area (Å²) in [5.41, 5.74) is 4.73. The van der Waals surface area contributed by atoms with Gasteiger partial charge in [0.05, 0.1) is 10.9 Å². The predicted octanol–water partition coefficient (Wildman–Crippen LogP) is 5.16. The number of aromatic nitrogens is 2. The van der Waals surface area contributed by atoms with Crippen LogP contribution in [0.5, 0.6) is 0 Å². The highest BCUT2D eigenvalue weighted by Gasteiger charge is 2.20. The molecule has 1 N–H and O–H groups in total. The van der Waals surface area contributed by atoms with Crippen molar-refractivity contribution in [1.82, 2.24) is 9.66 Å². The van der Waals surface area contributed by atoms with Gasteiger partial charge in [-0.2, -0.15) is 0 Å². The van der Waals surface area contributed by atoms with E-state index in [0.29, 0.717) is 31.4 Å². The van der Waals surface area contributed by atoms with E-state index in [1.54, 1.807) is 36.4 Å². The average Bonchev–Trinajstić information content (AvgIpc) is 2.71. The number of halogens is 2. The monoisotopic (exact) mass is 487 g/mol. The number of hydrogen-bond donors (Lipinski definition) is 1. The van der Waals surface area contributed by atoms with Gasteiger partial charge in [0.1, 0.15) is 12.0 Å². The van der Waals surface area contributed by atoms with Crippen LogP contribution in [-0.2, 0) is 11.2 Å². The molecular weight excluding hydrogens is 474 g/mol. The molecule has 4 aromatic rings. The molecule has 0 radical (unpaired) electrons. The van der Waals surface area contributed by atoms with E-state index in [4.69, 9.17) is 11.6 Å². The highest BCUT2D eigenvalue weighted by atomic mass is 79.9. The zero-order valence-electron chi connectivity index (χ0n) is 15.2. The molecule has 0 aliphatic rings. The van der Waals surface area contributed by atoms with E-state index in [0.717, 1.165) is 10.0 Å². The average molecular weight is 489 g/mol. The Bertz CT molecular complexity index is 1260. The summed E-state index contributed by atoms with van der Waals surface area (Å²) in [5, 5.41) is 0.932. The first-order chi connectivity index (χ1) is 13.9. The molecule has 3 aromatic carbocycles. The Hall–Kier alpha value is -2.32. The highest BCUT2D eigenvalue weighted by Crippen LogP contribution is 2.30. The molecule has 1 heterocycles. The molecule has 0 bridgehead atoms. The summed E-state index contributed by atoms with van der Waals surface area (Å²) >= 11 is 8.17. The van der Waals surface area contributed by atoms with E-state index in [1.165, 1.54) is 11.0 Å². The molecule has 4 rings (SSSR count). The van der Waals surface area contributed by atoms with Gasteiger partial charge in [0.25, 0.3) is 5.56 Å². The zero-order chi connectivity index (χ0) is 20.5. The summed E-state index contributed by atoms with van der Waals surface area (Å²) in [7, 11) is 0. The van der Waals surface area contributed by atoms with E-state index in [9.17, 15) is 9.35 Å². The van der Waals surface area contributed by atoms with Crippen LogP contribution in [0.2, 0.25) is 5.02 Å². The van der Waals surface area contributed by atoms with Crippen molar-refractivity contribution in [2.24, 2.45) is 0 Å². The molecule has 1 unspecified atom stereocenters. The van der Waals surface area contributed by atoms with Crippen LogP contribution < -0.4 is 11.0 Å². The third-order valence-electron chi connectivity index (χ3n) is 4.30. The lowest BCUT2D eigenvalue weighted by atomic mass is 10.2. The normalized spacial score (nSPS) is 12.1. The van der Waals surface area contributed by atoms with Crippen LogP contribution in [0.1, 0.15) is 5.56 Å². The van der Waals surface area contributed by atoms with E-state index in [1.807, 2.05) is 31.2 Å². The van der Waals surface area contributed by atoms with Crippen LogP contribution >= 0.6 is 27.5 Å². The van der Waals surface area contributed by atoms with E-state index in [2.05, 4.69) is 26.3 Å². The van der Waals surface area contributed by atoms with Gasteiger partial charge in [-0.3, -0.25) is 10.2 Å². The van der Waals surface area contributed by atoms with Gasteiger partial charge in [-0.1, -0.05) is 29.8 Å². The molecule has 8 heteroatoms. The topological polar surface area (TPSA) is 70.0 Å². The molecule has 0 saturated heterocycles. The molecule has 1 atom stereocenters.